The van der Waals surface area contributed by atoms with Crippen LogP contribution >= 0.6 is 0 Å². The molecule has 0 aliphatic heterocycles. The first-order valence-electron chi connectivity index (χ1n) is 13.0. The molecule has 0 saturated carbocycles. The van der Waals surface area contributed by atoms with Crippen molar-refractivity contribution in [3.8, 4) is 0 Å². The zero-order valence-corrected chi connectivity index (χ0v) is 23.9. The van der Waals surface area contributed by atoms with Crippen LogP contribution in [0, 0.1) is 26.7 Å². The Hall–Kier alpha value is -3.00. The number of carbonyl (C=O) groups is 1. The third-order valence-electron chi connectivity index (χ3n) is 6.98. The summed E-state index contributed by atoms with van der Waals surface area (Å²) in [7, 11) is -4.01. The molecule has 0 aromatic heterocycles. The van der Waals surface area contributed by atoms with Crippen LogP contribution in [0.4, 0.5) is 0 Å². The summed E-state index contributed by atoms with van der Waals surface area (Å²) < 4.78 is 36.2. The van der Waals surface area contributed by atoms with Gasteiger partial charge in [0.25, 0.3) is 0 Å². The number of esters is 1. The highest BCUT2D eigenvalue weighted by molar-refractivity contribution is 7.89. The number of benzene rings is 3. The van der Waals surface area contributed by atoms with Crippen molar-refractivity contribution in [1.29, 1.82) is 0 Å². The van der Waals surface area contributed by atoms with Gasteiger partial charge in [-0.1, -0.05) is 85.3 Å². The number of carbonyl (C=O) groups excluding carboxylic acids is 1. The van der Waals surface area contributed by atoms with Crippen molar-refractivity contribution >= 4 is 16.0 Å². The molecule has 3 aromatic carbocycles. The highest BCUT2D eigenvalue weighted by Gasteiger charge is 2.38. The summed E-state index contributed by atoms with van der Waals surface area (Å²) in [6, 6.07) is 21.5. The van der Waals surface area contributed by atoms with E-state index < -0.39 is 40.2 Å². The van der Waals surface area contributed by atoms with E-state index in [1.807, 2.05) is 79.7 Å². The number of rotatable bonds is 11. The predicted molar refractivity (Wildman–Crippen MR) is 150 cm³/mol. The molecule has 204 valence electrons. The molecule has 0 radical (unpaired) electrons. The summed E-state index contributed by atoms with van der Waals surface area (Å²) in [5.41, 5.74) is 3.82. The van der Waals surface area contributed by atoms with Gasteiger partial charge in [0.05, 0.1) is 23.0 Å². The number of hydrogen-bond donors (Lipinski definition) is 1. The Morgan fingerprint density at radius 2 is 1.45 bits per heavy atom. The lowest BCUT2D eigenvalue weighted by Crippen LogP contribution is -2.44. The number of aliphatic hydroxyl groups is 1. The highest BCUT2D eigenvalue weighted by atomic mass is 32.2. The molecule has 7 heteroatoms. The molecule has 0 spiro atoms. The molecule has 3 rings (SSSR count). The second-order valence-corrected chi connectivity index (χ2v) is 11.9. The Balaban J connectivity index is 2.14. The second-order valence-electron chi connectivity index (χ2n) is 10.0. The third-order valence-corrected chi connectivity index (χ3v) is 9.22. The normalized spacial score (nSPS) is 15.1. The van der Waals surface area contributed by atoms with Gasteiger partial charge in [-0.05, 0) is 63.3 Å². The number of aryl methyl sites for hydroxylation is 3. The van der Waals surface area contributed by atoms with Gasteiger partial charge in [0.15, 0.2) is 0 Å². The van der Waals surface area contributed by atoms with Gasteiger partial charge >= 0.3 is 5.97 Å². The summed E-state index contributed by atoms with van der Waals surface area (Å²) in [5, 5.41) is 10.3. The van der Waals surface area contributed by atoms with Gasteiger partial charge in [-0.3, -0.25) is 4.79 Å². The van der Waals surface area contributed by atoms with Crippen molar-refractivity contribution in [1.82, 2.24) is 4.31 Å². The van der Waals surface area contributed by atoms with Crippen LogP contribution in [-0.2, 0) is 26.1 Å². The van der Waals surface area contributed by atoms with Gasteiger partial charge in [-0.15, -0.1) is 0 Å². The van der Waals surface area contributed by atoms with Crippen LogP contribution < -0.4 is 0 Å². The standard InChI is InChI=1S/C31H39NO5S/c1-7-28(33)24(5)31(34)37-29(27-16-12-9-13-17-27)25(6)32(20-26-14-10-8-11-15-26)38(35,36)30-22(3)18-21(2)19-23(30)4/h8-19,24-25,28-29,33H,7,20H2,1-6H3/t24-,25+,28-,29+/m1/s1. The molecule has 0 aliphatic rings. The van der Waals surface area contributed by atoms with Crippen molar-refractivity contribution in [2.24, 2.45) is 5.92 Å². The SMILES string of the molecule is CC[C@@H](O)[C@@H](C)C(=O)O[C@H](c1ccccc1)[C@H](C)N(Cc1ccccc1)S(=O)(=O)c1c(C)cc(C)cc1C. The van der Waals surface area contributed by atoms with E-state index in [1.165, 1.54) is 4.31 Å². The third kappa shape index (κ3) is 6.70. The van der Waals surface area contributed by atoms with Crippen molar-refractivity contribution in [3.63, 3.8) is 0 Å². The van der Waals surface area contributed by atoms with Crippen LogP contribution in [0.3, 0.4) is 0 Å². The average molecular weight is 538 g/mol. The number of aliphatic hydroxyl groups excluding tert-OH is 1. The molecule has 0 aliphatic carbocycles. The quantitative estimate of drug-likeness (QED) is 0.309. The van der Waals surface area contributed by atoms with Gasteiger partial charge in [0, 0.05) is 6.54 Å². The van der Waals surface area contributed by atoms with Crippen molar-refractivity contribution in [2.45, 2.75) is 77.7 Å². The molecule has 0 saturated heterocycles. The molecular formula is C31H39NO5S. The maximum Gasteiger partial charge on any atom is 0.311 e. The van der Waals surface area contributed by atoms with Gasteiger partial charge in [-0.2, -0.15) is 4.31 Å². The fourth-order valence-electron chi connectivity index (χ4n) is 4.88. The zero-order valence-electron chi connectivity index (χ0n) is 23.1. The van der Waals surface area contributed by atoms with Gasteiger partial charge in [-0.25, -0.2) is 8.42 Å². The Bertz CT molecular complexity index is 1300. The molecule has 0 heterocycles. The first-order valence-corrected chi connectivity index (χ1v) is 14.5. The minimum Gasteiger partial charge on any atom is -0.455 e. The molecular weight excluding hydrogens is 498 g/mol. The number of ether oxygens (including phenoxy) is 1. The lowest BCUT2D eigenvalue weighted by Gasteiger charge is -2.35. The minimum absolute atomic E-state index is 0.102. The lowest BCUT2D eigenvalue weighted by molar-refractivity contribution is -0.160. The fourth-order valence-corrected chi connectivity index (χ4v) is 6.92. The van der Waals surface area contributed by atoms with E-state index in [4.69, 9.17) is 4.74 Å². The van der Waals surface area contributed by atoms with Gasteiger partial charge < -0.3 is 9.84 Å². The largest absolute Gasteiger partial charge is 0.455 e. The van der Waals surface area contributed by atoms with E-state index in [-0.39, 0.29) is 11.4 Å². The van der Waals surface area contributed by atoms with Crippen LogP contribution in [0.15, 0.2) is 77.7 Å². The lowest BCUT2D eigenvalue weighted by atomic mass is 10.0. The monoisotopic (exact) mass is 537 g/mol. The van der Waals surface area contributed by atoms with Crippen LogP contribution in [-0.4, -0.2) is 35.9 Å². The fraction of sp³-hybridized carbons (Fsp3) is 0.387. The van der Waals surface area contributed by atoms with Crippen molar-refractivity contribution < 1.29 is 23.1 Å². The maximum absolute atomic E-state index is 14.4. The van der Waals surface area contributed by atoms with E-state index >= 15 is 0 Å². The van der Waals surface area contributed by atoms with Crippen LogP contribution in [0.25, 0.3) is 0 Å². The Morgan fingerprint density at radius 1 is 0.921 bits per heavy atom. The second kappa shape index (κ2) is 12.7. The van der Waals surface area contributed by atoms with Gasteiger partial charge in [0.2, 0.25) is 10.0 Å². The Morgan fingerprint density at radius 3 is 1.97 bits per heavy atom. The molecule has 0 bridgehead atoms. The zero-order chi connectivity index (χ0) is 28.0. The first kappa shape index (κ1) is 29.6. The topological polar surface area (TPSA) is 83.9 Å². The number of hydrogen-bond acceptors (Lipinski definition) is 5. The van der Waals surface area contributed by atoms with Crippen LogP contribution in [0.5, 0.6) is 0 Å². The van der Waals surface area contributed by atoms with E-state index in [0.717, 1.165) is 11.1 Å². The van der Waals surface area contributed by atoms with Crippen molar-refractivity contribution in [3.05, 3.63) is 101 Å². The maximum atomic E-state index is 14.4. The first-order chi connectivity index (χ1) is 18.0. The average Bonchev–Trinajstić information content (AvgIpc) is 2.89. The molecule has 6 nitrogen and oxygen atoms in total. The summed E-state index contributed by atoms with van der Waals surface area (Å²) >= 11 is 0. The number of nitrogens with zero attached hydrogens (tertiary/aromatic N) is 1. The van der Waals surface area contributed by atoms with E-state index in [1.54, 1.807) is 34.6 Å². The molecule has 0 fully saturated rings. The molecule has 38 heavy (non-hydrogen) atoms. The van der Waals surface area contributed by atoms with E-state index in [2.05, 4.69) is 0 Å². The molecule has 1 N–H and O–H groups in total. The van der Waals surface area contributed by atoms with Crippen LogP contribution in [0.2, 0.25) is 0 Å². The molecule has 4 atom stereocenters. The number of sulfonamides is 1. The smallest absolute Gasteiger partial charge is 0.311 e. The molecule has 0 unspecified atom stereocenters. The molecule has 3 aromatic rings. The van der Waals surface area contributed by atoms with E-state index in [9.17, 15) is 18.3 Å². The van der Waals surface area contributed by atoms with Crippen LogP contribution in [0.1, 0.15) is 61.1 Å². The predicted octanol–water partition coefficient (Wildman–Crippen LogP) is 5.88. The van der Waals surface area contributed by atoms with Gasteiger partial charge in [0.1, 0.15) is 6.10 Å². The van der Waals surface area contributed by atoms with E-state index in [0.29, 0.717) is 23.1 Å². The Labute approximate surface area is 227 Å². The summed E-state index contributed by atoms with van der Waals surface area (Å²) in [6.07, 6.45) is -1.33. The Kier molecular flexibility index (Phi) is 9.88. The summed E-state index contributed by atoms with van der Waals surface area (Å²) in [6.45, 7) is 10.8. The summed E-state index contributed by atoms with van der Waals surface area (Å²) in [5.74, 6) is -1.32. The van der Waals surface area contributed by atoms with Crippen molar-refractivity contribution in [2.75, 3.05) is 0 Å². The summed E-state index contributed by atoms with van der Waals surface area (Å²) in [4.78, 5) is 13.4. The minimum atomic E-state index is -4.01. The molecule has 0 amide bonds. The highest BCUT2D eigenvalue weighted by Crippen LogP contribution is 2.34.